The fourth-order valence-corrected chi connectivity index (χ4v) is 2.33. The molecule has 100 valence electrons. The average molecular weight is 258 g/mol. The van der Waals surface area contributed by atoms with Crippen molar-refractivity contribution in [1.82, 2.24) is 4.90 Å². The molecule has 2 rings (SSSR count). The Labute approximate surface area is 113 Å². The highest BCUT2D eigenvalue weighted by atomic mass is 16.2. The number of fused-ring (bicyclic) bond motifs is 1. The summed E-state index contributed by atoms with van der Waals surface area (Å²) in [4.78, 5) is 27.0. The number of carbonyl (C=O) groups excluding carboxylic acids is 2. The van der Waals surface area contributed by atoms with Crippen LogP contribution in [0.25, 0.3) is 0 Å². The number of carbonyl (C=O) groups is 2. The maximum atomic E-state index is 11.9. The summed E-state index contributed by atoms with van der Waals surface area (Å²) in [6.45, 7) is 4.23. The Morgan fingerprint density at radius 1 is 1.37 bits per heavy atom. The minimum atomic E-state index is -0.0902. The van der Waals surface area contributed by atoms with Gasteiger partial charge in [-0.15, -0.1) is 0 Å². The van der Waals surface area contributed by atoms with Gasteiger partial charge in [0.1, 0.15) is 0 Å². The van der Waals surface area contributed by atoms with Crippen molar-refractivity contribution in [3.05, 3.63) is 42.0 Å². The Balaban J connectivity index is 2.38. The molecule has 1 aliphatic rings. The lowest BCUT2D eigenvalue weighted by Gasteiger charge is -2.29. The second kappa shape index (κ2) is 5.26. The fraction of sp³-hybridized carbons (Fsp3) is 0.333. The first kappa shape index (κ1) is 13.3. The van der Waals surface area contributed by atoms with Gasteiger partial charge in [-0.05, 0) is 42.7 Å². The van der Waals surface area contributed by atoms with Crippen LogP contribution in [-0.4, -0.2) is 37.4 Å². The van der Waals surface area contributed by atoms with E-state index >= 15 is 0 Å². The van der Waals surface area contributed by atoms with Gasteiger partial charge in [-0.25, -0.2) is 0 Å². The molecule has 0 spiro atoms. The van der Waals surface area contributed by atoms with Crippen molar-refractivity contribution >= 4 is 17.5 Å². The van der Waals surface area contributed by atoms with E-state index in [1.54, 1.807) is 30.0 Å². The molecule has 2 amide bonds. The van der Waals surface area contributed by atoms with Crippen LogP contribution in [0.4, 0.5) is 5.69 Å². The van der Waals surface area contributed by atoms with Crippen LogP contribution in [0.15, 0.2) is 30.9 Å². The number of anilines is 1. The molecule has 0 fully saturated rings. The van der Waals surface area contributed by atoms with E-state index in [-0.39, 0.29) is 11.8 Å². The van der Waals surface area contributed by atoms with Crippen molar-refractivity contribution < 1.29 is 9.59 Å². The number of rotatable bonds is 2. The molecule has 0 atom stereocenters. The standard InChI is InChI=1S/C15H18N2O2/c1-4-14(18)17-9-5-6-11-10-12(7-8-13(11)17)15(19)16(2)3/h4,7-8,10H,1,5-6,9H2,2-3H3. The maximum absolute atomic E-state index is 11.9. The minimum absolute atomic E-state index is 0.0185. The molecule has 0 saturated carbocycles. The molecule has 0 aromatic heterocycles. The summed E-state index contributed by atoms with van der Waals surface area (Å²) in [6.07, 6.45) is 3.13. The Morgan fingerprint density at radius 2 is 2.11 bits per heavy atom. The van der Waals surface area contributed by atoms with Crippen LogP contribution in [0, 0.1) is 0 Å². The normalized spacial score (nSPS) is 13.7. The minimum Gasteiger partial charge on any atom is -0.345 e. The molecule has 0 unspecified atom stereocenters. The van der Waals surface area contributed by atoms with Crippen molar-refractivity contribution in [2.24, 2.45) is 0 Å². The summed E-state index contributed by atoms with van der Waals surface area (Å²) >= 11 is 0. The van der Waals surface area contributed by atoms with Crippen molar-refractivity contribution in [3.63, 3.8) is 0 Å². The van der Waals surface area contributed by atoms with Crippen molar-refractivity contribution in [2.75, 3.05) is 25.5 Å². The molecule has 19 heavy (non-hydrogen) atoms. The van der Waals surface area contributed by atoms with Gasteiger partial charge < -0.3 is 9.80 Å². The first-order chi connectivity index (χ1) is 9.04. The second-order valence-electron chi connectivity index (χ2n) is 4.84. The largest absolute Gasteiger partial charge is 0.345 e. The highest BCUT2D eigenvalue weighted by Gasteiger charge is 2.22. The van der Waals surface area contributed by atoms with E-state index in [0.29, 0.717) is 12.1 Å². The first-order valence-corrected chi connectivity index (χ1v) is 6.33. The van der Waals surface area contributed by atoms with Gasteiger partial charge in [-0.3, -0.25) is 9.59 Å². The van der Waals surface area contributed by atoms with Crippen molar-refractivity contribution in [2.45, 2.75) is 12.8 Å². The highest BCUT2D eigenvalue weighted by Crippen LogP contribution is 2.28. The van der Waals surface area contributed by atoms with Crippen LogP contribution in [0.2, 0.25) is 0 Å². The summed E-state index contributed by atoms with van der Waals surface area (Å²) in [7, 11) is 3.46. The zero-order chi connectivity index (χ0) is 14.0. The molecule has 1 aliphatic heterocycles. The average Bonchev–Trinajstić information content (AvgIpc) is 2.44. The molecule has 0 saturated heterocycles. The van der Waals surface area contributed by atoms with Crippen LogP contribution in [0.1, 0.15) is 22.3 Å². The molecule has 4 nitrogen and oxygen atoms in total. The molecular weight excluding hydrogens is 240 g/mol. The van der Waals surface area contributed by atoms with Crippen LogP contribution in [0.3, 0.4) is 0 Å². The number of amides is 2. The zero-order valence-corrected chi connectivity index (χ0v) is 11.3. The molecule has 1 aromatic rings. The van der Waals surface area contributed by atoms with E-state index in [2.05, 4.69) is 6.58 Å². The lowest BCUT2D eigenvalue weighted by molar-refractivity contribution is -0.114. The third-order valence-electron chi connectivity index (χ3n) is 3.29. The molecule has 0 radical (unpaired) electrons. The van der Waals surface area contributed by atoms with Crippen molar-refractivity contribution in [3.8, 4) is 0 Å². The molecule has 1 heterocycles. The number of nitrogens with zero attached hydrogens (tertiary/aromatic N) is 2. The highest BCUT2D eigenvalue weighted by molar-refractivity contribution is 6.02. The number of benzene rings is 1. The lowest BCUT2D eigenvalue weighted by Crippen LogP contribution is -2.34. The zero-order valence-electron chi connectivity index (χ0n) is 11.3. The summed E-state index contributed by atoms with van der Waals surface area (Å²) in [6, 6.07) is 5.52. The van der Waals surface area contributed by atoms with Gasteiger partial charge in [0.2, 0.25) is 5.91 Å². The van der Waals surface area contributed by atoms with Crippen LogP contribution in [-0.2, 0) is 11.2 Å². The predicted octanol–water partition coefficient (Wildman–Crippen LogP) is 1.85. The molecular formula is C15H18N2O2. The van der Waals surface area contributed by atoms with Gasteiger partial charge in [0.15, 0.2) is 0 Å². The summed E-state index contributed by atoms with van der Waals surface area (Å²) < 4.78 is 0. The van der Waals surface area contributed by atoms with E-state index in [1.165, 1.54) is 6.08 Å². The third kappa shape index (κ3) is 2.52. The number of aryl methyl sites for hydroxylation is 1. The second-order valence-corrected chi connectivity index (χ2v) is 4.84. The van der Waals surface area contributed by atoms with Gasteiger partial charge in [0, 0.05) is 31.9 Å². The van der Waals surface area contributed by atoms with Gasteiger partial charge >= 0.3 is 0 Å². The lowest BCUT2D eigenvalue weighted by atomic mass is 9.98. The maximum Gasteiger partial charge on any atom is 0.253 e. The topological polar surface area (TPSA) is 40.6 Å². The third-order valence-corrected chi connectivity index (χ3v) is 3.29. The first-order valence-electron chi connectivity index (χ1n) is 6.33. The number of hydrogen-bond donors (Lipinski definition) is 0. The summed E-state index contributed by atoms with van der Waals surface area (Å²) in [5, 5.41) is 0. The molecule has 0 aliphatic carbocycles. The molecule has 4 heteroatoms. The van der Waals surface area contributed by atoms with Gasteiger partial charge in [0.25, 0.3) is 5.91 Å². The predicted molar refractivity (Wildman–Crippen MR) is 75.3 cm³/mol. The SMILES string of the molecule is C=CC(=O)N1CCCc2cc(C(=O)N(C)C)ccc21. The quantitative estimate of drug-likeness (QED) is 0.760. The molecule has 1 aromatic carbocycles. The Kier molecular flexibility index (Phi) is 3.69. The van der Waals surface area contributed by atoms with E-state index in [4.69, 9.17) is 0 Å². The molecule has 0 N–H and O–H groups in total. The Bertz CT molecular complexity index is 535. The van der Waals surface area contributed by atoms with Crippen molar-refractivity contribution in [1.29, 1.82) is 0 Å². The van der Waals surface area contributed by atoms with Crippen LogP contribution < -0.4 is 4.90 Å². The smallest absolute Gasteiger partial charge is 0.253 e. The Morgan fingerprint density at radius 3 is 2.74 bits per heavy atom. The van der Waals surface area contributed by atoms with E-state index in [0.717, 1.165) is 24.1 Å². The van der Waals surface area contributed by atoms with E-state index in [9.17, 15) is 9.59 Å². The summed E-state index contributed by atoms with van der Waals surface area (Å²) in [5.74, 6) is -0.109. The van der Waals surface area contributed by atoms with E-state index in [1.807, 2.05) is 12.1 Å². The Hall–Kier alpha value is -2.10. The van der Waals surface area contributed by atoms with Gasteiger partial charge in [-0.2, -0.15) is 0 Å². The number of hydrogen-bond acceptors (Lipinski definition) is 2. The molecule has 0 bridgehead atoms. The monoisotopic (exact) mass is 258 g/mol. The van der Waals surface area contributed by atoms with Gasteiger partial charge in [0.05, 0.1) is 0 Å². The van der Waals surface area contributed by atoms with E-state index < -0.39 is 0 Å². The summed E-state index contributed by atoms with van der Waals surface area (Å²) in [5.41, 5.74) is 2.61. The van der Waals surface area contributed by atoms with Crippen LogP contribution >= 0.6 is 0 Å². The van der Waals surface area contributed by atoms with Crippen LogP contribution in [0.5, 0.6) is 0 Å². The fourth-order valence-electron chi connectivity index (χ4n) is 2.33. The van der Waals surface area contributed by atoms with Gasteiger partial charge in [-0.1, -0.05) is 6.58 Å².